The van der Waals surface area contributed by atoms with Crippen molar-refractivity contribution in [2.75, 3.05) is 18.0 Å². The molecule has 138 valence electrons. The number of nitrogens with zero attached hydrogens (tertiary/aromatic N) is 4. The van der Waals surface area contributed by atoms with Gasteiger partial charge in [-0.1, -0.05) is 18.0 Å². The van der Waals surface area contributed by atoms with E-state index < -0.39 is 0 Å². The molecule has 2 aromatic rings. The second-order valence-corrected chi connectivity index (χ2v) is 7.66. The van der Waals surface area contributed by atoms with Crippen LogP contribution in [0.15, 0.2) is 16.1 Å². The van der Waals surface area contributed by atoms with E-state index >= 15 is 0 Å². The Labute approximate surface area is 155 Å². The normalized spacial score (nSPS) is 20.8. The standard InChI is InChI=1S/C17H21N5O3S/c23-14-9-12(10-22(14)17-19-7-8-26-17)15(24)18-6-5-13-20-16(25-21-13)11-3-1-2-4-11/h7-8,11-12H,1-6,9-10H2,(H,18,24). The Bertz CT molecular complexity index is 769. The number of carbonyl (C=O) groups excluding carboxylic acids is 2. The number of hydrogen-bond donors (Lipinski definition) is 1. The molecule has 1 atom stereocenters. The maximum absolute atomic E-state index is 12.3. The Balaban J connectivity index is 1.25. The molecule has 3 heterocycles. The monoisotopic (exact) mass is 375 g/mol. The molecule has 2 fully saturated rings. The molecule has 0 bridgehead atoms. The molecule has 4 rings (SSSR count). The first kappa shape index (κ1) is 17.1. The number of thiazole rings is 1. The highest BCUT2D eigenvalue weighted by molar-refractivity contribution is 7.13. The maximum Gasteiger partial charge on any atom is 0.229 e. The lowest BCUT2D eigenvalue weighted by molar-refractivity contribution is -0.126. The third-order valence-electron chi connectivity index (χ3n) is 4.98. The molecule has 0 spiro atoms. The van der Waals surface area contributed by atoms with Crippen LogP contribution in [0.25, 0.3) is 0 Å². The van der Waals surface area contributed by atoms with Crippen molar-refractivity contribution in [3.05, 3.63) is 23.3 Å². The molecule has 2 aliphatic rings. The maximum atomic E-state index is 12.3. The summed E-state index contributed by atoms with van der Waals surface area (Å²) in [6, 6.07) is 0. The Hall–Kier alpha value is -2.29. The highest BCUT2D eigenvalue weighted by Gasteiger charge is 2.36. The first-order chi connectivity index (χ1) is 12.7. The van der Waals surface area contributed by atoms with E-state index in [4.69, 9.17) is 4.52 Å². The Kier molecular flexibility index (Phi) is 4.96. The van der Waals surface area contributed by atoms with Gasteiger partial charge in [0.15, 0.2) is 11.0 Å². The Morgan fingerprint density at radius 1 is 1.38 bits per heavy atom. The molecule has 1 saturated heterocycles. The average molecular weight is 375 g/mol. The number of anilines is 1. The van der Waals surface area contributed by atoms with Crippen LogP contribution < -0.4 is 10.2 Å². The number of amides is 2. The van der Waals surface area contributed by atoms with E-state index in [2.05, 4.69) is 20.4 Å². The van der Waals surface area contributed by atoms with Crippen molar-refractivity contribution in [2.45, 2.75) is 44.4 Å². The lowest BCUT2D eigenvalue weighted by Gasteiger charge is -2.12. The van der Waals surface area contributed by atoms with Gasteiger partial charge in [0.05, 0.1) is 5.92 Å². The van der Waals surface area contributed by atoms with Gasteiger partial charge in [-0.3, -0.25) is 14.5 Å². The van der Waals surface area contributed by atoms with Gasteiger partial charge in [-0.15, -0.1) is 11.3 Å². The fourth-order valence-electron chi connectivity index (χ4n) is 3.57. The van der Waals surface area contributed by atoms with Crippen molar-refractivity contribution < 1.29 is 14.1 Å². The Morgan fingerprint density at radius 3 is 3.00 bits per heavy atom. The van der Waals surface area contributed by atoms with Gasteiger partial charge in [0, 0.05) is 43.4 Å². The summed E-state index contributed by atoms with van der Waals surface area (Å²) < 4.78 is 5.34. The predicted molar refractivity (Wildman–Crippen MR) is 94.8 cm³/mol. The molecular formula is C17H21N5O3S. The van der Waals surface area contributed by atoms with E-state index in [1.54, 1.807) is 11.1 Å². The van der Waals surface area contributed by atoms with E-state index in [0.29, 0.717) is 36.4 Å². The minimum absolute atomic E-state index is 0.0560. The van der Waals surface area contributed by atoms with Crippen LogP contribution in [0.1, 0.15) is 49.7 Å². The molecule has 9 heteroatoms. The highest BCUT2D eigenvalue weighted by atomic mass is 32.1. The summed E-state index contributed by atoms with van der Waals surface area (Å²) >= 11 is 1.40. The lowest BCUT2D eigenvalue weighted by Crippen LogP contribution is -2.34. The highest BCUT2D eigenvalue weighted by Crippen LogP contribution is 2.32. The summed E-state index contributed by atoms with van der Waals surface area (Å²) in [4.78, 5) is 34.6. The zero-order valence-corrected chi connectivity index (χ0v) is 15.2. The zero-order valence-electron chi connectivity index (χ0n) is 14.4. The van der Waals surface area contributed by atoms with E-state index in [1.165, 1.54) is 24.2 Å². The van der Waals surface area contributed by atoms with Crippen LogP contribution in [0, 0.1) is 5.92 Å². The number of rotatable bonds is 6. The average Bonchev–Trinajstić information content (AvgIpc) is 3.41. The number of hydrogen-bond acceptors (Lipinski definition) is 7. The number of carbonyl (C=O) groups is 2. The van der Waals surface area contributed by atoms with Gasteiger partial charge in [-0.05, 0) is 12.8 Å². The SMILES string of the molecule is O=C(NCCc1noc(C2CCCC2)n1)C1CC(=O)N(c2nccs2)C1. The first-order valence-corrected chi connectivity index (χ1v) is 9.88. The molecule has 2 aromatic heterocycles. The van der Waals surface area contributed by atoms with Gasteiger partial charge >= 0.3 is 0 Å². The van der Waals surface area contributed by atoms with Crippen LogP contribution in [0.4, 0.5) is 5.13 Å². The van der Waals surface area contributed by atoms with E-state index in [9.17, 15) is 9.59 Å². The Morgan fingerprint density at radius 2 is 2.23 bits per heavy atom. The third-order valence-corrected chi connectivity index (χ3v) is 5.78. The van der Waals surface area contributed by atoms with Crippen LogP contribution in [0.3, 0.4) is 0 Å². The molecule has 8 nitrogen and oxygen atoms in total. The van der Waals surface area contributed by atoms with Gasteiger partial charge < -0.3 is 9.84 Å². The van der Waals surface area contributed by atoms with Gasteiger partial charge in [0.2, 0.25) is 17.7 Å². The fraction of sp³-hybridized carbons (Fsp3) is 0.588. The fourth-order valence-corrected chi connectivity index (χ4v) is 4.24. The van der Waals surface area contributed by atoms with Gasteiger partial charge in [0.25, 0.3) is 0 Å². The molecule has 1 unspecified atom stereocenters. The van der Waals surface area contributed by atoms with Crippen LogP contribution in [-0.4, -0.2) is 40.0 Å². The number of nitrogens with one attached hydrogen (secondary N) is 1. The van der Waals surface area contributed by atoms with Gasteiger partial charge in [0.1, 0.15) is 0 Å². The minimum Gasteiger partial charge on any atom is -0.355 e. The molecule has 1 aliphatic carbocycles. The van der Waals surface area contributed by atoms with Crippen LogP contribution in [0.2, 0.25) is 0 Å². The van der Waals surface area contributed by atoms with E-state index in [0.717, 1.165) is 18.7 Å². The van der Waals surface area contributed by atoms with Crippen LogP contribution in [0.5, 0.6) is 0 Å². The van der Waals surface area contributed by atoms with Crippen molar-refractivity contribution in [2.24, 2.45) is 5.92 Å². The zero-order chi connectivity index (χ0) is 17.9. The van der Waals surface area contributed by atoms with E-state index in [-0.39, 0.29) is 24.2 Å². The summed E-state index contributed by atoms with van der Waals surface area (Å²) in [5.41, 5.74) is 0. The topological polar surface area (TPSA) is 101 Å². The van der Waals surface area contributed by atoms with Crippen molar-refractivity contribution in [3.8, 4) is 0 Å². The van der Waals surface area contributed by atoms with Gasteiger partial charge in [-0.2, -0.15) is 4.98 Å². The molecule has 0 radical (unpaired) electrons. The summed E-state index contributed by atoms with van der Waals surface area (Å²) in [7, 11) is 0. The van der Waals surface area contributed by atoms with Crippen LogP contribution in [-0.2, 0) is 16.0 Å². The predicted octanol–water partition coefficient (Wildman–Crippen LogP) is 1.90. The molecule has 2 amide bonds. The van der Waals surface area contributed by atoms with Crippen molar-refractivity contribution in [1.29, 1.82) is 0 Å². The minimum atomic E-state index is -0.342. The second kappa shape index (κ2) is 7.53. The van der Waals surface area contributed by atoms with Gasteiger partial charge in [-0.25, -0.2) is 4.98 Å². The molecule has 26 heavy (non-hydrogen) atoms. The quantitative estimate of drug-likeness (QED) is 0.827. The molecule has 0 aromatic carbocycles. The van der Waals surface area contributed by atoms with Crippen molar-refractivity contribution in [1.82, 2.24) is 20.4 Å². The summed E-state index contributed by atoms with van der Waals surface area (Å²) in [5.74, 6) is 1.23. The van der Waals surface area contributed by atoms with Crippen molar-refractivity contribution >= 4 is 28.3 Å². The summed E-state index contributed by atoms with van der Waals surface area (Å²) in [6.07, 6.45) is 7.07. The molecule has 1 aliphatic heterocycles. The molecule has 1 N–H and O–H groups in total. The molecule has 1 saturated carbocycles. The second-order valence-electron chi connectivity index (χ2n) is 6.79. The summed E-state index contributed by atoms with van der Waals surface area (Å²) in [5, 5.41) is 9.36. The summed E-state index contributed by atoms with van der Waals surface area (Å²) in [6.45, 7) is 0.816. The lowest BCUT2D eigenvalue weighted by atomic mass is 10.1. The van der Waals surface area contributed by atoms with Crippen molar-refractivity contribution in [3.63, 3.8) is 0 Å². The smallest absolute Gasteiger partial charge is 0.229 e. The van der Waals surface area contributed by atoms with Crippen LogP contribution >= 0.6 is 11.3 Å². The molecular weight excluding hydrogens is 354 g/mol. The largest absolute Gasteiger partial charge is 0.355 e. The first-order valence-electron chi connectivity index (χ1n) is 9.01. The third kappa shape index (κ3) is 3.62. The number of aromatic nitrogens is 3. The van der Waals surface area contributed by atoms with E-state index in [1.807, 2.05) is 5.38 Å².